The highest BCUT2D eigenvalue weighted by atomic mass is 32.2. The third-order valence-electron chi connectivity index (χ3n) is 2.50. The number of nitrogens with two attached hydrogens (primary N) is 1. The van der Waals surface area contributed by atoms with Crippen molar-refractivity contribution in [3.63, 3.8) is 0 Å². The molecule has 0 amide bonds. The Kier molecular flexibility index (Phi) is 4.27. The van der Waals surface area contributed by atoms with Gasteiger partial charge < -0.3 is 15.8 Å². The van der Waals surface area contributed by atoms with Crippen LogP contribution in [0.1, 0.15) is 5.56 Å². The number of hydrogen-bond donors (Lipinski definition) is 2. The summed E-state index contributed by atoms with van der Waals surface area (Å²) in [5.74, 6) is 1.52. The first-order valence-electron chi connectivity index (χ1n) is 5.70. The van der Waals surface area contributed by atoms with Gasteiger partial charge in [0.1, 0.15) is 17.4 Å². The molecule has 102 valence electrons. The summed E-state index contributed by atoms with van der Waals surface area (Å²) in [5.41, 5.74) is 6.96. The summed E-state index contributed by atoms with van der Waals surface area (Å²) in [6, 6.07) is 8.81. The molecule has 6 nitrogen and oxygen atoms in total. The van der Waals surface area contributed by atoms with Gasteiger partial charge in [0, 0.05) is 12.1 Å². The van der Waals surface area contributed by atoms with Crippen LogP contribution in [0.25, 0.3) is 0 Å². The summed E-state index contributed by atoms with van der Waals surface area (Å²) in [5, 5.41) is 12.6. The molecule has 0 fully saturated rings. The van der Waals surface area contributed by atoms with E-state index in [-0.39, 0.29) is 0 Å². The van der Waals surface area contributed by atoms with Gasteiger partial charge in [-0.3, -0.25) is 0 Å². The lowest BCUT2D eigenvalue weighted by Gasteiger charge is -2.11. The third kappa shape index (κ3) is 3.10. The van der Waals surface area contributed by atoms with Crippen molar-refractivity contribution >= 4 is 29.1 Å². The Morgan fingerprint density at radius 3 is 2.80 bits per heavy atom. The number of benzene rings is 1. The van der Waals surface area contributed by atoms with Crippen molar-refractivity contribution in [2.24, 2.45) is 0 Å². The molecule has 0 saturated heterocycles. The van der Waals surface area contributed by atoms with E-state index in [4.69, 9.17) is 15.7 Å². The Balaban J connectivity index is 2.34. The Morgan fingerprint density at radius 2 is 2.15 bits per heavy atom. The second-order valence-electron chi connectivity index (χ2n) is 3.82. The zero-order valence-corrected chi connectivity index (χ0v) is 11.9. The van der Waals surface area contributed by atoms with Crippen molar-refractivity contribution in [1.82, 2.24) is 9.97 Å². The van der Waals surface area contributed by atoms with Crippen LogP contribution in [0, 0.1) is 11.3 Å². The molecule has 2 aromatic rings. The molecule has 2 rings (SSSR count). The van der Waals surface area contributed by atoms with Gasteiger partial charge in [0.05, 0.1) is 24.4 Å². The Labute approximate surface area is 121 Å². The molecule has 0 unspecified atom stereocenters. The molecule has 1 aromatic carbocycles. The molecule has 7 heteroatoms. The molecule has 3 N–H and O–H groups in total. The number of rotatable bonds is 4. The van der Waals surface area contributed by atoms with E-state index in [1.807, 2.05) is 6.26 Å². The molecule has 0 atom stereocenters. The van der Waals surface area contributed by atoms with Crippen LogP contribution in [0.4, 0.5) is 17.3 Å². The molecule has 0 aliphatic carbocycles. The molecule has 0 bridgehead atoms. The van der Waals surface area contributed by atoms with Crippen LogP contribution >= 0.6 is 11.8 Å². The lowest BCUT2D eigenvalue weighted by atomic mass is 10.2. The van der Waals surface area contributed by atoms with Crippen LogP contribution in [0.2, 0.25) is 0 Å². The summed E-state index contributed by atoms with van der Waals surface area (Å²) in [4.78, 5) is 8.38. The van der Waals surface area contributed by atoms with Gasteiger partial charge in [-0.15, -0.1) is 0 Å². The van der Waals surface area contributed by atoms with E-state index < -0.39 is 0 Å². The van der Waals surface area contributed by atoms with Crippen LogP contribution in [0.15, 0.2) is 29.4 Å². The van der Waals surface area contributed by atoms with Gasteiger partial charge in [0.15, 0.2) is 5.16 Å². The minimum absolute atomic E-state index is 0.388. The fourth-order valence-electron chi connectivity index (χ4n) is 1.60. The normalized spacial score (nSPS) is 9.85. The molecule has 0 radical (unpaired) electrons. The first-order valence-corrected chi connectivity index (χ1v) is 6.92. The lowest BCUT2D eigenvalue weighted by Crippen LogP contribution is -2.01. The fraction of sp³-hybridized carbons (Fsp3) is 0.154. The van der Waals surface area contributed by atoms with E-state index in [1.165, 1.54) is 11.8 Å². The van der Waals surface area contributed by atoms with Gasteiger partial charge in [-0.1, -0.05) is 11.8 Å². The van der Waals surface area contributed by atoms with E-state index in [2.05, 4.69) is 21.4 Å². The number of methoxy groups -OCH3 is 1. The van der Waals surface area contributed by atoms with Gasteiger partial charge >= 0.3 is 0 Å². The Hall–Kier alpha value is -2.46. The number of aromatic nitrogens is 2. The molecule has 0 aliphatic heterocycles. The molecular weight excluding hydrogens is 274 g/mol. The van der Waals surface area contributed by atoms with Crippen molar-refractivity contribution in [2.75, 3.05) is 24.4 Å². The van der Waals surface area contributed by atoms with Gasteiger partial charge in [0.2, 0.25) is 0 Å². The zero-order valence-electron chi connectivity index (χ0n) is 11.0. The minimum Gasteiger partial charge on any atom is -0.495 e. The monoisotopic (exact) mass is 287 g/mol. The molecule has 1 heterocycles. The van der Waals surface area contributed by atoms with E-state index in [9.17, 15) is 0 Å². The second kappa shape index (κ2) is 6.12. The Bertz CT molecular complexity index is 668. The summed E-state index contributed by atoms with van der Waals surface area (Å²) in [6.45, 7) is 0. The second-order valence-corrected chi connectivity index (χ2v) is 4.59. The molecule has 20 heavy (non-hydrogen) atoms. The van der Waals surface area contributed by atoms with Crippen LogP contribution in [0.5, 0.6) is 5.75 Å². The highest BCUT2D eigenvalue weighted by molar-refractivity contribution is 7.98. The summed E-state index contributed by atoms with van der Waals surface area (Å²) in [7, 11) is 1.54. The van der Waals surface area contributed by atoms with Crippen molar-refractivity contribution in [3.8, 4) is 11.8 Å². The maximum absolute atomic E-state index is 8.88. The average molecular weight is 287 g/mol. The van der Waals surface area contributed by atoms with Crippen molar-refractivity contribution < 1.29 is 4.74 Å². The van der Waals surface area contributed by atoms with E-state index in [0.717, 1.165) is 0 Å². The van der Waals surface area contributed by atoms with Gasteiger partial charge in [-0.05, 0) is 18.4 Å². The van der Waals surface area contributed by atoms with Crippen molar-refractivity contribution in [2.45, 2.75) is 5.16 Å². The molecule has 0 saturated carbocycles. The molecule has 0 aliphatic rings. The number of hydrogen-bond acceptors (Lipinski definition) is 7. The quantitative estimate of drug-likeness (QED) is 0.658. The van der Waals surface area contributed by atoms with Crippen LogP contribution in [-0.2, 0) is 0 Å². The summed E-state index contributed by atoms with van der Waals surface area (Å²) in [6.07, 6.45) is 1.88. The largest absolute Gasteiger partial charge is 0.495 e. The highest BCUT2D eigenvalue weighted by Gasteiger charge is 2.07. The molecule has 0 spiro atoms. The maximum atomic E-state index is 8.88. The topological polar surface area (TPSA) is 96.8 Å². The third-order valence-corrected chi connectivity index (χ3v) is 3.05. The predicted octanol–water partition coefficient (Wildman–Crippen LogP) is 2.40. The smallest absolute Gasteiger partial charge is 0.191 e. The fourth-order valence-corrected chi connectivity index (χ4v) is 1.99. The number of anilines is 3. The molecule has 1 aromatic heterocycles. The number of nitrogens with one attached hydrogen (secondary N) is 1. The number of nitrogens with zero attached hydrogens (tertiary/aromatic N) is 3. The van der Waals surface area contributed by atoms with Gasteiger partial charge in [-0.2, -0.15) is 5.26 Å². The van der Waals surface area contributed by atoms with E-state index >= 15 is 0 Å². The number of ether oxygens (including phenoxy) is 1. The minimum atomic E-state index is 0.388. The maximum Gasteiger partial charge on any atom is 0.191 e. The first kappa shape index (κ1) is 14.0. The molecular formula is C13H13N5OS. The number of nitrogen functional groups attached to an aromatic ring is 1. The summed E-state index contributed by atoms with van der Waals surface area (Å²) >= 11 is 1.41. The van der Waals surface area contributed by atoms with Crippen LogP contribution < -0.4 is 15.8 Å². The zero-order chi connectivity index (χ0) is 14.5. The highest BCUT2D eigenvalue weighted by Crippen LogP contribution is 2.28. The SMILES string of the molecule is COc1cc(C#N)ccc1Nc1cc(N)nc(SC)n1. The lowest BCUT2D eigenvalue weighted by molar-refractivity contribution is 0.416. The average Bonchev–Trinajstić information content (AvgIpc) is 2.47. The standard InChI is InChI=1S/C13H13N5OS/c1-19-10-5-8(7-14)3-4-9(10)16-12-6-11(15)17-13(18-12)20-2/h3-6H,1-2H3,(H3,15,16,17,18). The number of thioether (sulfide) groups is 1. The van der Waals surface area contributed by atoms with Gasteiger partial charge in [0.25, 0.3) is 0 Å². The number of nitriles is 1. The van der Waals surface area contributed by atoms with Crippen LogP contribution in [0.3, 0.4) is 0 Å². The Morgan fingerprint density at radius 1 is 1.35 bits per heavy atom. The van der Waals surface area contributed by atoms with E-state index in [1.54, 1.807) is 31.4 Å². The van der Waals surface area contributed by atoms with Gasteiger partial charge in [-0.25, -0.2) is 9.97 Å². The van der Waals surface area contributed by atoms with Crippen molar-refractivity contribution in [1.29, 1.82) is 5.26 Å². The summed E-state index contributed by atoms with van der Waals surface area (Å²) < 4.78 is 5.25. The van der Waals surface area contributed by atoms with E-state index in [0.29, 0.717) is 33.8 Å². The first-order chi connectivity index (χ1) is 9.66. The predicted molar refractivity (Wildman–Crippen MR) is 79.2 cm³/mol. The van der Waals surface area contributed by atoms with Crippen LogP contribution in [-0.4, -0.2) is 23.3 Å². The van der Waals surface area contributed by atoms with Crippen molar-refractivity contribution in [3.05, 3.63) is 29.8 Å².